The molecule has 6 rings (SSSR count). The number of benzene rings is 4. The SMILES string of the molecule is C=C/C=C(\C=C/C)c1cc(-c2ccc3c(c2)c2cc(-c4ccc(C=C)cc4)ccc2n3-c2ccc(C)cc2)nc(C(/C=C\C)=C/C)n1. The lowest BCUT2D eigenvalue weighted by molar-refractivity contribution is 1.10. The van der Waals surface area contributed by atoms with Gasteiger partial charge in [-0.15, -0.1) is 0 Å². The molecule has 47 heavy (non-hydrogen) atoms. The standard InChI is InChI=1S/C44H39N3/c1-7-12-32(11-5)44-45-40(34(13-8-2)14-9-3)29-41(46-44)36-22-26-43-39(28-36)38-27-35(33-19-17-31(10-4)18-20-33)21-25-42(38)47(43)37-23-15-30(6)16-24-37/h7-29H,2,4H2,1,3,5-6H3/b12-7-,14-9-,32-11+,34-13+. The fraction of sp³-hybridized carbons (Fsp3) is 0.0909. The second kappa shape index (κ2) is 13.7. The summed E-state index contributed by atoms with van der Waals surface area (Å²) in [5.41, 5.74) is 12.8. The van der Waals surface area contributed by atoms with E-state index in [2.05, 4.69) is 134 Å². The third kappa shape index (κ3) is 6.21. The monoisotopic (exact) mass is 609 g/mol. The van der Waals surface area contributed by atoms with Gasteiger partial charge in [0.25, 0.3) is 0 Å². The lowest BCUT2D eigenvalue weighted by Crippen LogP contribution is -2.00. The Balaban J connectivity index is 1.62. The van der Waals surface area contributed by atoms with Gasteiger partial charge >= 0.3 is 0 Å². The van der Waals surface area contributed by atoms with E-state index in [-0.39, 0.29) is 0 Å². The third-order valence-corrected chi connectivity index (χ3v) is 8.41. The maximum absolute atomic E-state index is 5.12. The zero-order valence-corrected chi connectivity index (χ0v) is 27.5. The molecule has 0 atom stereocenters. The van der Waals surface area contributed by atoms with Crippen molar-refractivity contribution in [3.05, 3.63) is 169 Å². The molecule has 0 saturated carbocycles. The van der Waals surface area contributed by atoms with E-state index >= 15 is 0 Å². The van der Waals surface area contributed by atoms with Gasteiger partial charge in [-0.05, 0) is 92.4 Å². The summed E-state index contributed by atoms with van der Waals surface area (Å²) < 4.78 is 2.36. The van der Waals surface area contributed by atoms with Gasteiger partial charge in [0.15, 0.2) is 5.82 Å². The van der Waals surface area contributed by atoms with Crippen LogP contribution in [0.4, 0.5) is 0 Å². The van der Waals surface area contributed by atoms with Gasteiger partial charge in [-0.25, -0.2) is 9.97 Å². The zero-order valence-electron chi connectivity index (χ0n) is 27.5. The first kappa shape index (κ1) is 31.2. The molecular formula is C44H39N3. The van der Waals surface area contributed by atoms with Gasteiger partial charge in [-0.2, -0.15) is 0 Å². The van der Waals surface area contributed by atoms with Crippen molar-refractivity contribution in [2.24, 2.45) is 0 Å². The summed E-state index contributed by atoms with van der Waals surface area (Å²) in [5.74, 6) is 0.685. The van der Waals surface area contributed by atoms with E-state index in [1.54, 1.807) is 6.08 Å². The lowest BCUT2D eigenvalue weighted by atomic mass is 10.00. The predicted octanol–water partition coefficient (Wildman–Crippen LogP) is 12.0. The molecule has 3 nitrogen and oxygen atoms in total. The number of aryl methyl sites for hydroxylation is 1. The molecule has 0 fully saturated rings. The van der Waals surface area contributed by atoms with Crippen molar-refractivity contribution in [2.75, 3.05) is 0 Å². The number of fused-ring (bicyclic) bond motifs is 3. The first-order valence-corrected chi connectivity index (χ1v) is 16.0. The smallest absolute Gasteiger partial charge is 0.160 e. The summed E-state index contributed by atoms with van der Waals surface area (Å²) in [6, 6.07) is 32.8. The van der Waals surface area contributed by atoms with E-state index in [4.69, 9.17) is 9.97 Å². The number of hydrogen-bond acceptors (Lipinski definition) is 2. The molecule has 0 unspecified atom stereocenters. The highest BCUT2D eigenvalue weighted by Gasteiger charge is 2.17. The van der Waals surface area contributed by atoms with E-state index in [1.807, 2.05) is 45.1 Å². The molecule has 0 aliphatic rings. The first-order chi connectivity index (χ1) is 23.0. The summed E-state index contributed by atoms with van der Waals surface area (Å²) in [7, 11) is 0. The van der Waals surface area contributed by atoms with Crippen LogP contribution in [0.3, 0.4) is 0 Å². The van der Waals surface area contributed by atoms with E-state index < -0.39 is 0 Å². The summed E-state index contributed by atoms with van der Waals surface area (Å²) in [5, 5.41) is 2.35. The van der Waals surface area contributed by atoms with E-state index in [9.17, 15) is 0 Å². The van der Waals surface area contributed by atoms with Gasteiger partial charge in [-0.1, -0.05) is 116 Å². The molecule has 2 heterocycles. The highest BCUT2D eigenvalue weighted by molar-refractivity contribution is 6.11. The Bertz CT molecular complexity index is 2240. The number of aromatic nitrogens is 3. The summed E-state index contributed by atoms with van der Waals surface area (Å²) >= 11 is 0. The Morgan fingerprint density at radius 1 is 0.660 bits per heavy atom. The quantitative estimate of drug-likeness (QED) is 0.153. The summed E-state index contributed by atoms with van der Waals surface area (Å²) in [6.07, 6.45) is 15.9. The normalized spacial score (nSPS) is 12.5. The van der Waals surface area contributed by atoms with Crippen LogP contribution < -0.4 is 0 Å². The van der Waals surface area contributed by atoms with Crippen molar-refractivity contribution >= 4 is 39.0 Å². The van der Waals surface area contributed by atoms with Gasteiger partial charge in [0.05, 0.1) is 22.4 Å². The van der Waals surface area contributed by atoms with Gasteiger partial charge in [0.1, 0.15) is 0 Å². The fourth-order valence-corrected chi connectivity index (χ4v) is 6.03. The Labute approximate surface area is 278 Å². The minimum atomic E-state index is 0.685. The Hall–Kier alpha value is -5.80. The Morgan fingerprint density at radius 3 is 1.89 bits per heavy atom. The van der Waals surface area contributed by atoms with Crippen LogP contribution >= 0.6 is 0 Å². The number of allylic oxidation sites excluding steroid dienone is 9. The van der Waals surface area contributed by atoms with E-state index in [1.165, 1.54) is 27.5 Å². The maximum Gasteiger partial charge on any atom is 0.160 e. The van der Waals surface area contributed by atoms with Crippen molar-refractivity contribution < 1.29 is 0 Å². The minimum absolute atomic E-state index is 0.685. The maximum atomic E-state index is 5.12. The molecule has 4 aromatic carbocycles. The summed E-state index contributed by atoms with van der Waals surface area (Å²) in [6.45, 7) is 16.0. The number of hydrogen-bond donors (Lipinski definition) is 0. The predicted molar refractivity (Wildman–Crippen MR) is 204 cm³/mol. The van der Waals surface area contributed by atoms with Gasteiger partial charge in [-0.3, -0.25) is 0 Å². The van der Waals surface area contributed by atoms with Crippen LogP contribution in [-0.2, 0) is 0 Å². The number of rotatable bonds is 9. The molecule has 3 heteroatoms. The van der Waals surface area contributed by atoms with Crippen molar-refractivity contribution in [1.82, 2.24) is 14.5 Å². The fourth-order valence-electron chi connectivity index (χ4n) is 6.03. The van der Waals surface area contributed by atoms with Crippen LogP contribution in [0.1, 0.15) is 43.4 Å². The van der Waals surface area contributed by atoms with Crippen LogP contribution in [0.5, 0.6) is 0 Å². The number of nitrogens with zero attached hydrogens (tertiary/aromatic N) is 3. The first-order valence-electron chi connectivity index (χ1n) is 16.0. The van der Waals surface area contributed by atoms with Gasteiger partial charge in [0, 0.05) is 27.6 Å². The second-order valence-corrected chi connectivity index (χ2v) is 11.5. The van der Waals surface area contributed by atoms with Crippen LogP contribution in [-0.4, -0.2) is 14.5 Å². The molecule has 0 radical (unpaired) electrons. The average Bonchev–Trinajstić information content (AvgIpc) is 3.43. The molecule has 2 aromatic heterocycles. The molecule has 0 amide bonds. The van der Waals surface area contributed by atoms with Gasteiger partial charge < -0.3 is 4.57 Å². The highest BCUT2D eigenvalue weighted by atomic mass is 15.0. The van der Waals surface area contributed by atoms with Gasteiger partial charge in [0.2, 0.25) is 0 Å². The molecule has 230 valence electrons. The lowest BCUT2D eigenvalue weighted by Gasteiger charge is -2.11. The van der Waals surface area contributed by atoms with Crippen LogP contribution in [0, 0.1) is 6.92 Å². The van der Waals surface area contributed by atoms with E-state index in [0.717, 1.165) is 50.4 Å². The van der Waals surface area contributed by atoms with E-state index in [0.29, 0.717) is 5.82 Å². The zero-order chi connectivity index (χ0) is 32.9. The summed E-state index contributed by atoms with van der Waals surface area (Å²) in [4.78, 5) is 10.1. The van der Waals surface area contributed by atoms with Crippen molar-refractivity contribution in [2.45, 2.75) is 27.7 Å². The highest BCUT2D eigenvalue weighted by Crippen LogP contribution is 2.37. The average molecular weight is 610 g/mol. The van der Waals surface area contributed by atoms with Crippen LogP contribution in [0.15, 0.2) is 147 Å². The molecule has 0 saturated heterocycles. The molecular weight excluding hydrogens is 571 g/mol. The molecule has 0 aliphatic heterocycles. The molecule has 0 spiro atoms. The van der Waals surface area contributed by atoms with Crippen molar-refractivity contribution in [3.63, 3.8) is 0 Å². The second-order valence-electron chi connectivity index (χ2n) is 11.5. The third-order valence-electron chi connectivity index (χ3n) is 8.41. The van der Waals surface area contributed by atoms with Crippen molar-refractivity contribution in [3.8, 4) is 28.1 Å². The largest absolute Gasteiger partial charge is 0.309 e. The Morgan fingerprint density at radius 2 is 1.28 bits per heavy atom. The minimum Gasteiger partial charge on any atom is -0.309 e. The molecule has 6 aromatic rings. The molecule has 0 aliphatic carbocycles. The van der Waals surface area contributed by atoms with Crippen LogP contribution in [0.25, 0.3) is 67.1 Å². The van der Waals surface area contributed by atoms with Crippen molar-refractivity contribution in [1.29, 1.82) is 0 Å². The molecule has 0 N–H and O–H groups in total. The topological polar surface area (TPSA) is 30.7 Å². The Kier molecular flexibility index (Phi) is 9.08. The molecule has 0 bridgehead atoms. The van der Waals surface area contributed by atoms with Crippen LogP contribution in [0.2, 0.25) is 0 Å².